The summed E-state index contributed by atoms with van der Waals surface area (Å²) in [5, 5.41) is 8.68. The first-order chi connectivity index (χ1) is 11.9. The number of methoxy groups -OCH3 is 1. The van der Waals surface area contributed by atoms with Gasteiger partial charge in [0.15, 0.2) is 0 Å². The van der Waals surface area contributed by atoms with Gasteiger partial charge in [-0.2, -0.15) is 17.0 Å². The summed E-state index contributed by atoms with van der Waals surface area (Å²) in [5.74, 6) is 2.06. The Balaban J connectivity index is 1.66. The molecule has 0 bridgehead atoms. The highest BCUT2D eigenvalue weighted by Gasteiger charge is 2.39. The molecule has 25 heavy (non-hydrogen) atoms. The summed E-state index contributed by atoms with van der Waals surface area (Å²) in [6, 6.07) is 0. The Morgan fingerprint density at radius 1 is 1.12 bits per heavy atom. The SMILES string of the molecule is COCCc1nnc2n1CCC1(CC2)CCN(S(=O)(=O)N(C)C)CC1. The summed E-state index contributed by atoms with van der Waals surface area (Å²) < 4.78 is 35.0. The Kier molecular flexibility index (Phi) is 5.48. The van der Waals surface area contributed by atoms with Gasteiger partial charge in [-0.05, 0) is 31.1 Å². The molecule has 0 unspecified atom stereocenters. The molecule has 0 aliphatic carbocycles. The van der Waals surface area contributed by atoms with E-state index in [9.17, 15) is 8.42 Å². The number of nitrogens with zero attached hydrogens (tertiary/aromatic N) is 5. The second-order valence-electron chi connectivity index (χ2n) is 7.37. The zero-order valence-corrected chi connectivity index (χ0v) is 16.3. The van der Waals surface area contributed by atoms with Gasteiger partial charge < -0.3 is 9.30 Å². The Hall–Kier alpha value is -1.03. The molecule has 142 valence electrons. The van der Waals surface area contributed by atoms with Gasteiger partial charge in [-0.25, -0.2) is 0 Å². The summed E-state index contributed by atoms with van der Waals surface area (Å²) in [5.41, 5.74) is 0.220. The van der Waals surface area contributed by atoms with Gasteiger partial charge in [0.25, 0.3) is 10.2 Å². The molecule has 0 radical (unpaired) electrons. The van der Waals surface area contributed by atoms with Crippen LogP contribution in [-0.2, 0) is 34.3 Å². The van der Waals surface area contributed by atoms with Gasteiger partial charge >= 0.3 is 0 Å². The van der Waals surface area contributed by atoms with Crippen molar-refractivity contribution in [2.45, 2.75) is 45.1 Å². The van der Waals surface area contributed by atoms with Crippen LogP contribution in [0.4, 0.5) is 0 Å². The van der Waals surface area contributed by atoms with Crippen molar-refractivity contribution < 1.29 is 13.2 Å². The van der Waals surface area contributed by atoms with E-state index in [-0.39, 0.29) is 5.41 Å². The Morgan fingerprint density at radius 3 is 2.44 bits per heavy atom. The lowest BCUT2D eigenvalue weighted by molar-refractivity contribution is 0.126. The predicted octanol–water partition coefficient (Wildman–Crippen LogP) is 0.692. The van der Waals surface area contributed by atoms with Crippen LogP contribution in [0.25, 0.3) is 0 Å². The maximum atomic E-state index is 12.3. The molecule has 0 N–H and O–H groups in total. The van der Waals surface area contributed by atoms with E-state index >= 15 is 0 Å². The fraction of sp³-hybridized carbons (Fsp3) is 0.875. The molecule has 2 aliphatic rings. The standard InChI is InChI=1S/C16H29N5O3S/c1-19(2)25(22,23)20-10-7-16(8-11-20)6-4-14-17-18-15(5-13-24-3)21(14)12-9-16/h4-13H2,1-3H3. The summed E-state index contributed by atoms with van der Waals surface area (Å²) in [7, 11) is 1.59. The minimum Gasteiger partial charge on any atom is -0.384 e. The van der Waals surface area contributed by atoms with E-state index in [1.807, 2.05) is 0 Å². The molecular formula is C16H29N5O3S. The van der Waals surface area contributed by atoms with E-state index in [1.165, 1.54) is 4.31 Å². The van der Waals surface area contributed by atoms with Crippen LogP contribution in [0.2, 0.25) is 0 Å². The average molecular weight is 372 g/mol. The molecule has 0 amide bonds. The average Bonchev–Trinajstić information content (AvgIpc) is 2.90. The summed E-state index contributed by atoms with van der Waals surface area (Å²) in [6.07, 6.45) is 5.67. The monoisotopic (exact) mass is 371 g/mol. The molecule has 0 aromatic carbocycles. The van der Waals surface area contributed by atoms with E-state index in [2.05, 4.69) is 14.8 Å². The summed E-state index contributed by atoms with van der Waals surface area (Å²) in [6.45, 7) is 2.79. The fourth-order valence-corrected chi connectivity index (χ4v) is 5.07. The second-order valence-corrected chi connectivity index (χ2v) is 9.51. The van der Waals surface area contributed by atoms with Crippen molar-refractivity contribution in [2.24, 2.45) is 5.41 Å². The molecule has 1 saturated heterocycles. The Bertz CT molecular complexity index is 693. The lowest BCUT2D eigenvalue weighted by Gasteiger charge is -2.41. The van der Waals surface area contributed by atoms with Crippen molar-refractivity contribution in [1.82, 2.24) is 23.4 Å². The van der Waals surface area contributed by atoms with Gasteiger partial charge in [-0.3, -0.25) is 0 Å². The first-order valence-electron chi connectivity index (χ1n) is 8.95. The lowest BCUT2D eigenvalue weighted by Crippen LogP contribution is -2.47. The van der Waals surface area contributed by atoms with Crippen molar-refractivity contribution in [3.63, 3.8) is 0 Å². The van der Waals surface area contributed by atoms with Crippen LogP contribution in [0.5, 0.6) is 0 Å². The largest absolute Gasteiger partial charge is 0.384 e. The van der Waals surface area contributed by atoms with Gasteiger partial charge in [0.05, 0.1) is 6.61 Å². The van der Waals surface area contributed by atoms with E-state index < -0.39 is 10.2 Å². The van der Waals surface area contributed by atoms with Crippen LogP contribution in [0.3, 0.4) is 0 Å². The molecular weight excluding hydrogens is 342 g/mol. The lowest BCUT2D eigenvalue weighted by atomic mass is 9.73. The first kappa shape index (κ1) is 18.8. The van der Waals surface area contributed by atoms with Gasteiger partial charge in [0, 0.05) is 53.7 Å². The van der Waals surface area contributed by atoms with E-state index in [4.69, 9.17) is 4.74 Å². The quantitative estimate of drug-likeness (QED) is 0.761. The third-order valence-corrected chi connectivity index (χ3v) is 7.69. The number of fused-ring (bicyclic) bond motifs is 1. The van der Waals surface area contributed by atoms with Crippen LogP contribution in [-0.4, -0.2) is 72.7 Å². The smallest absolute Gasteiger partial charge is 0.281 e. The third-order valence-electron chi connectivity index (χ3n) is 5.75. The molecule has 1 fully saturated rings. The van der Waals surface area contributed by atoms with Gasteiger partial charge in [0.2, 0.25) is 0 Å². The molecule has 1 aromatic rings. The normalized spacial score (nSPS) is 21.4. The Morgan fingerprint density at radius 2 is 1.80 bits per heavy atom. The minimum absolute atomic E-state index is 0.220. The highest BCUT2D eigenvalue weighted by Crippen LogP contribution is 2.42. The summed E-state index contributed by atoms with van der Waals surface area (Å²) >= 11 is 0. The van der Waals surface area contributed by atoms with Crippen LogP contribution >= 0.6 is 0 Å². The zero-order valence-electron chi connectivity index (χ0n) is 15.4. The topological polar surface area (TPSA) is 80.6 Å². The van der Waals surface area contributed by atoms with Crippen LogP contribution < -0.4 is 0 Å². The van der Waals surface area contributed by atoms with Crippen molar-refractivity contribution in [3.8, 4) is 0 Å². The van der Waals surface area contributed by atoms with Gasteiger partial charge in [0.1, 0.15) is 11.6 Å². The van der Waals surface area contributed by atoms with Crippen molar-refractivity contribution in [2.75, 3.05) is 40.9 Å². The van der Waals surface area contributed by atoms with E-state index in [0.717, 1.165) is 56.7 Å². The predicted molar refractivity (Wildman–Crippen MR) is 94.4 cm³/mol. The fourth-order valence-electron chi connectivity index (χ4n) is 3.97. The summed E-state index contributed by atoms with van der Waals surface area (Å²) in [4.78, 5) is 0. The molecule has 9 heteroatoms. The van der Waals surface area contributed by atoms with E-state index in [1.54, 1.807) is 25.5 Å². The molecule has 8 nitrogen and oxygen atoms in total. The van der Waals surface area contributed by atoms with Crippen molar-refractivity contribution in [1.29, 1.82) is 0 Å². The van der Waals surface area contributed by atoms with Crippen molar-refractivity contribution >= 4 is 10.2 Å². The maximum absolute atomic E-state index is 12.3. The van der Waals surface area contributed by atoms with Crippen LogP contribution in [0, 0.1) is 5.41 Å². The van der Waals surface area contributed by atoms with Gasteiger partial charge in [-0.1, -0.05) is 0 Å². The van der Waals surface area contributed by atoms with Gasteiger partial charge in [-0.15, -0.1) is 10.2 Å². The number of aryl methyl sites for hydroxylation is 1. The number of aromatic nitrogens is 3. The number of hydrogen-bond donors (Lipinski definition) is 0. The minimum atomic E-state index is -3.30. The molecule has 3 rings (SSSR count). The molecule has 3 heterocycles. The van der Waals surface area contributed by atoms with Crippen LogP contribution in [0.15, 0.2) is 0 Å². The molecule has 1 spiro atoms. The highest BCUT2D eigenvalue weighted by atomic mass is 32.2. The van der Waals surface area contributed by atoms with E-state index in [0.29, 0.717) is 19.7 Å². The third kappa shape index (κ3) is 3.74. The molecule has 1 aromatic heterocycles. The second kappa shape index (κ2) is 7.30. The highest BCUT2D eigenvalue weighted by molar-refractivity contribution is 7.86. The first-order valence-corrected chi connectivity index (χ1v) is 10.4. The molecule has 2 aliphatic heterocycles. The zero-order chi connectivity index (χ0) is 18.1. The number of ether oxygens (including phenoxy) is 1. The van der Waals surface area contributed by atoms with Crippen molar-refractivity contribution in [3.05, 3.63) is 11.6 Å². The van der Waals surface area contributed by atoms with Crippen LogP contribution in [0.1, 0.15) is 37.3 Å². The molecule has 0 saturated carbocycles. The number of hydrogen-bond acceptors (Lipinski definition) is 5. The number of piperidine rings is 1. The Labute approximate surface area is 150 Å². The maximum Gasteiger partial charge on any atom is 0.281 e. The number of rotatable bonds is 5. The molecule has 0 atom stereocenters.